The van der Waals surface area contributed by atoms with Crippen LogP contribution in [0, 0.1) is 11.3 Å². The molecule has 31 heavy (non-hydrogen) atoms. The number of nitrogens with one attached hydrogen (secondary N) is 1. The summed E-state index contributed by atoms with van der Waals surface area (Å²) in [6, 6.07) is 22.0. The molecular formula is C25H23N5O. The van der Waals surface area contributed by atoms with Crippen LogP contribution in [0.15, 0.2) is 73.2 Å². The van der Waals surface area contributed by atoms with Crippen LogP contribution in [-0.4, -0.2) is 41.0 Å². The molecule has 1 aliphatic rings. The van der Waals surface area contributed by atoms with E-state index in [9.17, 15) is 5.26 Å². The number of imidazole rings is 1. The third kappa shape index (κ3) is 4.09. The van der Waals surface area contributed by atoms with Crippen molar-refractivity contribution >= 4 is 16.5 Å². The molecule has 0 atom stereocenters. The van der Waals surface area contributed by atoms with Crippen LogP contribution in [0.3, 0.4) is 0 Å². The maximum atomic E-state index is 9.34. The summed E-state index contributed by atoms with van der Waals surface area (Å²) >= 11 is 0. The molecule has 3 aromatic carbocycles. The molecule has 154 valence electrons. The first-order valence-electron chi connectivity index (χ1n) is 10.4. The predicted octanol–water partition coefficient (Wildman–Crippen LogP) is 4.55. The van der Waals surface area contributed by atoms with Crippen molar-refractivity contribution in [1.29, 1.82) is 5.26 Å². The highest BCUT2D eigenvalue weighted by Crippen LogP contribution is 2.33. The highest BCUT2D eigenvalue weighted by molar-refractivity contribution is 5.95. The van der Waals surface area contributed by atoms with Gasteiger partial charge in [-0.15, -0.1) is 0 Å². The Hall–Kier alpha value is -3.82. The van der Waals surface area contributed by atoms with Gasteiger partial charge in [0.05, 0.1) is 11.9 Å². The highest BCUT2D eigenvalue weighted by Gasteiger charge is 2.19. The fraction of sp³-hybridized carbons (Fsp3) is 0.200. The quantitative estimate of drug-likeness (QED) is 0.524. The van der Waals surface area contributed by atoms with Gasteiger partial charge < -0.3 is 14.6 Å². The van der Waals surface area contributed by atoms with Gasteiger partial charge >= 0.3 is 0 Å². The van der Waals surface area contributed by atoms with E-state index in [0.717, 1.165) is 49.6 Å². The molecule has 1 N–H and O–H groups in total. The standard InChI is InChI=1S/C25H23N5O/c26-15-20-4-1-2-7-25(20)31-22-9-8-19-5-3-6-24(23(19)14-22)30-12-10-29(11-13-30)17-21-16-27-18-28-21/h1-9,14,16,18H,10-13,17H2,(H,27,28). The molecule has 0 aliphatic carbocycles. The van der Waals surface area contributed by atoms with Crippen LogP contribution < -0.4 is 9.64 Å². The van der Waals surface area contributed by atoms with E-state index in [4.69, 9.17) is 4.74 Å². The first-order chi connectivity index (χ1) is 15.3. The Morgan fingerprint density at radius 3 is 2.68 bits per heavy atom. The van der Waals surface area contributed by atoms with Gasteiger partial charge in [-0.25, -0.2) is 4.98 Å². The van der Waals surface area contributed by atoms with Gasteiger partial charge in [-0.1, -0.05) is 30.3 Å². The second-order valence-electron chi connectivity index (χ2n) is 7.71. The maximum absolute atomic E-state index is 9.34. The summed E-state index contributed by atoms with van der Waals surface area (Å²) in [5, 5.41) is 11.7. The van der Waals surface area contributed by atoms with Gasteiger partial charge in [-0.05, 0) is 35.7 Å². The minimum Gasteiger partial charge on any atom is -0.456 e. The normalized spacial score (nSPS) is 14.5. The number of para-hydroxylation sites is 1. The molecule has 1 saturated heterocycles. The fourth-order valence-electron chi connectivity index (χ4n) is 4.11. The average molecular weight is 409 g/mol. The Morgan fingerprint density at radius 1 is 1.00 bits per heavy atom. The molecule has 0 unspecified atom stereocenters. The maximum Gasteiger partial charge on any atom is 0.145 e. The van der Waals surface area contributed by atoms with Crippen molar-refractivity contribution < 1.29 is 4.74 Å². The zero-order valence-corrected chi connectivity index (χ0v) is 17.2. The van der Waals surface area contributed by atoms with Crippen molar-refractivity contribution in [2.24, 2.45) is 0 Å². The number of ether oxygens (including phenoxy) is 1. The number of hydrogen-bond acceptors (Lipinski definition) is 5. The summed E-state index contributed by atoms with van der Waals surface area (Å²) in [6.45, 7) is 4.84. The molecule has 6 nitrogen and oxygen atoms in total. The third-order valence-corrected chi connectivity index (χ3v) is 5.73. The van der Waals surface area contributed by atoms with Crippen molar-refractivity contribution in [3.05, 3.63) is 84.4 Å². The second-order valence-corrected chi connectivity index (χ2v) is 7.71. The molecule has 1 aromatic heterocycles. The predicted molar refractivity (Wildman–Crippen MR) is 121 cm³/mol. The molecule has 0 amide bonds. The fourth-order valence-corrected chi connectivity index (χ4v) is 4.11. The van der Waals surface area contributed by atoms with Gasteiger partial charge in [0.25, 0.3) is 0 Å². The molecular weight excluding hydrogens is 386 g/mol. The summed E-state index contributed by atoms with van der Waals surface area (Å²) in [7, 11) is 0. The number of aromatic nitrogens is 2. The summed E-state index contributed by atoms with van der Waals surface area (Å²) in [5.41, 5.74) is 2.90. The molecule has 6 heteroatoms. The van der Waals surface area contributed by atoms with Crippen molar-refractivity contribution in [3.8, 4) is 17.6 Å². The van der Waals surface area contributed by atoms with E-state index in [0.29, 0.717) is 11.3 Å². The Balaban J connectivity index is 1.37. The lowest BCUT2D eigenvalue weighted by molar-refractivity contribution is 0.247. The van der Waals surface area contributed by atoms with Crippen LogP contribution in [0.5, 0.6) is 11.5 Å². The van der Waals surface area contributed by atoms with Gasteiger partial charge in [0.15, 0.2) is 0 Å². The van der Waals surface area contributed by atoms with Crippen molar-refractivity contribution in [1.82, 2.24) is 14.9 Å². The molecule has 0 saturated carbocycles. The van der Waals surface area contributed by atoms with E-state index < -0.39 is 0 Å². The lowest BCUT2D eigenvalue weighted by Crippen LogP contribution is -2.46. The Kier molecular flexibility index (Phi) is 5.26. The van der Waals surface area contributed by atoms with Gasteiger partial charge in [0, 0.05) is 55.7 Å². The largest absolute Gasteiger partial charge is 0.456 e. The van der Waals surface area contributed by atoms with E-state index in [2.05, 4.69) is 56.2 Å². The molecule has 0 bridgehead atoms. The number of anilines is 1. The zero-order valence-electron chi connectivity index (χ0n) is 17.2. The van der Waals surface area contributed by atoms with Crippen LogP contribution in [0.25, 0.3) is 10.8 Å². The molecule has 0 radical (unpaired) electrons. The van der Waals surface area contributed by atoms with Crippen LogP contribution in [-0.2, 0) is 6.54 Å². The zero-order chi connectivity index (χ0) is 21.0. The molecule has 1 fully saturated rings. The van der Waals surface area contributed by atoms with E-state index in [1.54, 1.807) is 12.4 Å². The molecule has 2 heterocycles. The Morgan fingerprint density at radius 2 is 1.87 bits per heavy atom. The lowest BCUT2D eigenvalue weighted by Gasteiger charge is -2.36. The molecule has 5 rings (SSSR count). The van der Waals surface area contributed by atoms with E-state index >= 15 is 0 Å². The Bertz CT molecular complexity index is 1220. The molecule has 1 aliphatic heterocycles. The first-order valence-corrected chi connectivity index (χ1v) is 10.4. The van der Waals surface area contributed by atoms with Gasteiger partial charge in [0.1, 0.15) is 17.6 Å². The van der Waals surface area contributed by atoms with Crippen LogP contribution in [0.1, 0.15) is 11.3 Å². The summed E-state index contributed by atoms with van der Waals surface area (Å²) < 4.78 is 6.07. The number of piperazine rings is 1. The molecule has 4 aromatic rings. The summed E-state index contributed by atoms with van der Waals surface area (Å²) in [4.78, 5) is 12.2. The number of nitriles is 1. The lowest BCUT2D eigenvalue weighted by atomic mass is 10.1. The minimum absolute atomic E-state index is 0.532. The number of rotatable bonds is 5. The average Bonchev–Trinajstić information content (AvgIpc) is 3.33. The number of nitrogens with zero attached hydrogens (tertiary/aromatic N) is 4. The van der Waals surface area contributed by atoms with Gasteiger partial charge in [-0.3, -0.25) is 4.90 Å². The second kappa shape index (κ2) is 8.50. The third-order valence-electron chi connectivity index (χ3n) is 5.73. The topological polar surface area (TPSA) is 68.2 Å². The van der Waals surface area contributed by atoms with Gasteiger partial charge in [-0.2, -0.15) is 5.26 Å². The van der Waals surface area contributed by atoms with E-state index in [-0.39, 0.29) is 0 Å². The van der Waals surface area contributed by atoms with Gasteiger partial charge in [0.2, 0.25) is 0 Å². The Labute approximate surface area is 181 Å². The number of aromatic amines is 1. The SMILES string of the molecule is N#Cc1ccccc1Oc1ccc2cccc(N3CCN(Cc4cnc[nH]4)CC3)c2c1. The van der Waals surface area contributed by atoms with Crippen LogP contribution >= 0.6 is 0 Å². The summed E-state index contributed by atoms with van der Waals surface area (Å²) in [5.74, 6) is 1.31. The van der Waals surface area contributed by atoms with E-state index in [1.165, 1.54) is 11.1 Å². The number of H-pyrrole nitrogens is 1. The number of fused-ring (bicyclic) bond motifs is 1. The van der Waals surface area contributed by atoms with Crippen molar-refractivity contribution in [2.45, 2.75) is 6.54 Å². The number of hydrogen-bond donors (Lipinski definition) is 1. The smallest absolute Gasteiger partial charge is 0.145 e. The van der Waals surface area contributed by atoms with E-state index in [1.807, 2.05) is 30.5 Å². The summed E-state index contributed by atoms with van der Waals surface area (Å²) in [6.07, 6.45) is 3.62. The number of benzene rings is 3. The van der Waals surface area contributed by atoms with Crippen LogP contribution in [0.2, 0.25) is 0 Å². The van der Waals surface area contributed by atoms with Crippen LogP contribution in [0.4, 0.5) is 5.69 Å². The molecule has 0 spiro atoms. The van der Waals surface area contributed by atoms with Crippen molar-refractivity contribution in [3.63, 3.8) is 0 Å². The minimum atomic E-state index is 0.532. The monoisotopic (exact) mass is 409 g/mol. The first kappa shape index (κ1) is 19.2. The van der Waals surface area contributed by atoms with Crippen molar-refractivity contribution in [2.75, 3.05) is 31.1 Å². The highest BCUT2D eigenvalue weighted by atomic mass is 16.5.